The fourth-order valence-corrected chi connectivity index (χ4v) is 3.03. The predicted molar refractivity (Wildman–Crippen MR) is 82.0 cm³/mol. The van der Waals surface area contributed by atoms with Crippen LogP contribution in [0.5, 0.6) is 0 Å². The normalized spacial score (nSPS) is 19.9. The topological polar surface area (TPSA) is 70.7 Å². The van der Waals surface area contributed by atoms with Gasteiger partial charge in [0.15, 0.2) is 5.92 Å². The van der Waals surface area contributed by atoms with Crippen LogP contribution in [-0.4, -0.2) is 15.5 Å². The molecule has 4 rings (SSSR count). The number of aromatic nitrogens is 2. The van der Waals surface area contributed by atoms with E-state index in [1.54, 1.807) is 12.1 Å². The number of para-hydroxylation sites is 2. The molecule has 2 heterocycles. The van der Waals surface area contributed by atoms with E-state index in [1.165, 1.54) is 12.1 Å². The number of halogens is 1. The lowest BCUT2D eigenvalue weighted by Gasteiger charge is -2.29. The van der Waals surface area contributed by atoms with Gasteiger partial charge in [-0.2, -0.15) is 5.26 Å². The summed E-state index contributed by atoms with van der Waals surface area (Å²) in [5, 5.41) is 12.1. The molecule has 0 fully saturated rings. The van der Waals surface area contributed by atoms with Crippen LogP contribution in [0.2, 0.25) is 0 Å². The van der Waals surface area contributed by atoms with Crippen molar-refractivity contribution >= 4 is 22.9 Å². The summed E-state index contributed by atoms with van der Waals surface area (Å²) in [7, 11) is 0. The maximum absolute atomic E-state index is 13.2. The van der Waals surface area contributed by atoms with Gasteiger partial charge in [-0.15, -0.1) is 0 Å². The highest BCUT2D eigenvalue weighted by Crippen LogP contribution is 2.37. The molecule has 6 heteroatoms. The minimum absolute atomic E-state index is 0.363. The zero-order valence-corrected chi connectivity index (χ0v) is 11.9. The molecule has 0 saturated carbocycles. The average Bonchev–Trinajstić information content (AvgIpc) is 2.92. The van der Waals surface area contributed by atoms with Crippen molar-refractivity contribution in [3.05, 3.63) is 59.9 Å². The van der Waals surface area contributed by atoms with Crippen molar-refractivity contribution in [2.75, 3.05) is 5.32 Å². The van der Waals surface area contributed by atoms with E-state index in [4.69, 9.17) is 0 Å². The number of rotatable bonds is 1. The molecule has 1 aromatic heterocycles. The van der Waals surface area contributed by atoms with E-state index in [1.807, 2.05) is 28.8 Å². The molecule has 1 aliphatic rings. The van der Waals surface area contributed by atoms with Gasteiger partial charge >= 0.3 is 0 Å². The van der Waals surface area contributed by atoms with Crippen LogP contribution in [0.25, 0.3) is 11.0 Å². The van der Waals surface area contributed by atoms with Crippen LogP contribution >= 0.6 is 0 Å². The van der Waals surface area contributed by atoms with Crippen molar-refractivity contribution in [2.45, 2.75) is 6.04 Å². The minimum Gasteiger partial charge on any atom is -0.300 e. The second-order valence-corrected chi connectivity index (χ2v) is 5.39. The third-order valence-electron chi connectivity index (χ3n) is 4.06. The molecule has 2 atom stereocenters. The Labute approximate surface area is 131 Å². The second kappa shape index (κ2) is 4.92. The number of nitrogens with one attached hydrogen (secondary N) is 1. The smallest absolute Gasteiger partial charge is 0.246 e. The van der Waals surface area contributed by atoms with Gasteiger partial charge in [0.1, 0.15) is 5.82 Å². The van der Waals surface area contributed by atoms with Crippen molar-refractivity contribution in [1.82, 2.24) is 9.55 Å². The van der Waals surface area contributed by atoms with E-state index >= 15 is 0 Å². The lowest BCUT2D eigenvalue weighted by molar-refractivity contribution is -0.119. The number of hydrogen-bond acceptors (Lipinski definition) is 3. The number of imidazole rings is 1. The third-order valence-corrected chi connectivity index (χ3v) is 4.06. The molecular weight excluding hydrogens is 295 g/mol. The Morgan fingerprint density at radius 3 is 2.65 bits per heavy atom. The van der Waals surface area contributed by atoms with Crippen molar-refractivity contribution < 1.29 is 9.18 Å². The van der Waals surface area contributed by atoms with Crippen molar-refractivity contribution in [2.24, 2.45) is 5.92 Å². The number of carbonyl (C=O) groups excluding carboxylic acids is 1. The summed E-state index contributed by atoms with van der Waals surface area (Å²) in [5.41, 5.74) is 2.24. The highest BCUT2D eigenvalue weighted by molar-refractivity contribution is 5.97. The van der Waals surface area contributed by atoms with Crippen molar-refractivity contribution in [3.63, 3.8) is 0 Å². The summed E-state index contributed by atoms with van der Waals surface area (Å²) < 4.78 is 15.1. The van der Waals surface area contributed by atoms with Crippen LogP contribution < -0.4 is 5.32 Å². The molecule has 1 aliphatic heterocycles. The molecule has 23 heavy (non-hydrogen) atoms. The molecule has 3 aromatic rings. The highest BCUT2D eigenvalue weighted by Gasteiger charge is 2.38. The molecule has 1 N–H and O–H groups in total. The molecule has 1 amide bonds. The Morgan fingerprint density at radius 2 is 1.91 bits per heavy atom. The second-order valence-electron chi connectivity index (χ2n) is 5.39. The molecule has 112 valence electrons. The zero-order chi connectivity index (χ0) is 16.0. The van der Waals surface area contributed by atoms with Gasteiger partial charge < -0.3 is 4.57 Å². The standard InChI is InChI=1S/C17H11FN4O/c18-11-7-5-10(6-8-11)15-12(9-19)16(23)21-17-20-13-3-1-2-4-14(13)22(15)17/h1-8,12,15H,(H,20,21,23)/t12-,15+/m0/s1. The van der Waals surface area contributed by atoms with E-state index in [2.05, 4.69) is 16.4 Å². The Balaban J connectivity index is 2.00. The first-order valence-corrected chi connectivity index (χ1v) is 7.12. The van der Waals surface area contributed by atoms with Crippen molar-refractivity contribution in [3.8, 4) is 6.07 Å². The van der Waals surface area contributed by atoms with Gasteiger partial charge in [-0.25, -0.2) is 9.37 Å². The van der Waals surface area contributed by atoms with E-state index in [0.29, 0.717) is 11.5 Å². The monoisotopic (exact) mass is 306 g/mol. The van der Waals surface area contributed by atoms with Crippen molar-refractivity contribution in [1.29, 1.82) is 5.26 Å². The fourth-order valence-electron chi connectivity index (χ4n) is 3.03. The van der Waals surface area contributed by atoms with Gasteiger partial charge in [0.05, 0.1) is 23.1 Å². The van der Waals surface area contributed by atoms with E-state index in [-0.39, 0.29) is 5.82 Å². The lowest BCUT2D eigenvalue weighted by atomic mass is 9.91. The molecule has 0 saturated heterocycles. The minimum atomic E-state index is -0.912. The molecule has 0 unspecified atom stereocenters. The van der Waals surface area contributed by atoms with Gasteiger partial charge in [0.25, 0.3) is 0 Å². The van der Waals surface area contributed by atoms with E-state index in [0.717, 1.165) is 11.0 Å². The highest BCUT2D eigenvalue weighted by atomic mass is 19.1. The third kappa shape index (κ3) is 1.98. The largest absolute Gasteiger partial charge is 0.300 e. The van der Waals surface area contributed by atoms with Crippen LogP contribution in [0.4, 0.5) is 10.3 Å². The van der Waals surface area contributed by atoms with Crippen LogP contribution in [0.1, 0.15) is 11.6 Å². The SMILES string of the molecule is N#C[C@@H]1C(=O)Nc2nc3ccccc3n2[C@@H]1c1ccc(F)cc1. The predicted octanol–water partition coefficient (Wildman–Crippen LogP) is 2.86. The molecule has 0 bridgehead atoms. The number of nitrogens with zero attached hydrogens (tertiary/aromatic N) is 3. The van der Waals surface area contributed by atoms with E-state index in [9.17, 15) is 14.4 Å². The average molecular weight is 306 g/mol. The van der Waals surface area contributed by atoms with Crippen LogP contribution in [0.15, 0.2) is 48.5 Å². The molecule has 0 spiro atoms. The van der Waals surface area contributed by atoms with Crippen LogP contribution in [0, 0.1) is 23.1 Å². The maximum Gasteiger partial charge on any atom is 0.246 e. The number of benzene rings is 2. The Kier molecular flexibility index (Phi) is 2.88. The summed E-state index contributed by atoms with van der Waals surface area (Å²) in [4.78, 5) is 16.7. The first kappa shape index (κ1) is 13.5. The molecule has 5 nitrogen and oxygen atoms in total. The number of fused-ring (bicyclic) bond motifs is 3. The lowest BCUT2D eigenvalue weighted by Crippen LogP contribution is -2.37. The van der Waals surface area contributed by atoms with Gasteiger partial charge in [-0.1, -0.05) is 24.3 Å². The number of carbonyl (C=O) groups is 1. The summed E-state index contributed by atoms with van der Waals surface area (Å²) in [6.45, 7) is 0. The summed E-state index contributed by atoms with van der Waals surface area (Å²) in [6.07, 6.45) is 0. The number of nitriles is 1. The van der Waals surface area contributed by atoms with E-state index < -0.39 is 17.9 Å². The Hall–Kier alpha value is -3.20. The first-order chi connectivity index (χ1) is 11.2. The Morgan fingerprint density at radius 1 is 1.17 bits per heavy atom. The number of anilines is 1. The van der Waals surface area contributed by atoms with Gasteiger partial charge in [-0.3, -0.25) is 10.1 Å². The first-order valence-electron chi connectivity index (χ1n) is 7.12. The summed E-state index contributed by atoms with van der Waals surface area (Å²) in [5.74, 6) is -1.27. The van der Waals surface area contributed by atoms with Crippen LogP contribution in [-0.2, 0) is 4.79 Å². The fraction of sp³-hybridized carbons (Fsp3) is 0.118. The Bertz CT molecular complexity index is 955. The number of hydrogen-bond donors (Lipinski definition) is 1. The van der Waals surface area contributed by atoms with Gasteiger partial charge in [0, 0.05) is 0 Å². The van der Waals surface area contributed by atoms with Gasteiger partial charge in [-0.05, 0) is 29.8 Å². The quantitative estimate of drug-likeness (QED) is 0.751. The summed E-state index contributed by atoms with van der Waals surface area (Å²) in [6, 6.07) is 14.8. The van der Waals surface area contributed by atoms with Gasteiger partial charge in [0.2, 0.25) is 11.9 Å². The zero-order valence-electron chi connectivity index (χ0n) is 11.9. The molecule has 2 aromatic carbocycles. The summed E-state index contributed by atoms with van der Waals surface area (Å²) >= 11 is 0. The maximum atomic E-state index is 13.2. The molecule has 0 radical (unpaired) electrons. The number of amides is 1. The van der Waals surface area contributed by atoms with Crippen LogP contribution in [0.3, 0.4) is 0 Å². The molecular formula is C17H11FN4O. The molecule has 0 aliphatic carbocycles.